The molecule has 0 amide bonds. The minimum Gasteiger partial charge on any atom is -0.485 e. The lowest BCUT2D eigenvalue weighted by Gasteiger charge is -2.05. The van der Waals surface area contributed by atoms with E-state index in [1.54, 1.807) is 0 Å². The van der Waals surface area contributed by atoms with E-state index in [9.17, 15) is 4.79 Å². The van der Waals surface area contributed by atoms with Crippen LogP contribution in [0.1, 0.15) is 22.2 Å². The first-order chi connectivity index (χ1) is 8.70. The Morgan fingerprint density at radius 2 is 2.00 bits per heavy atom. The molecule has 1 heterocycles. The molecule has 0 atom stereocenters. The Morgan fingerprint density at radius 3 is 2.56 bits per heavy atom. The average molecular weight is 325 g/mol. The molecule has 0 N–H and O–H groups in total. The third kappa shape index (κ3) is 3.21. The molecule has 0 saturated heterocycles. The highest BCUT2D eigenvalue weighted by atomic mass is 79.9. The standard InChI is InChI=1S/C14H13BrO2S/c1-2-10-3-5-11(6-4-10)17-9-13(16)14-12(15)7-8-18-14/h3-8H,2,9H2,1H3. The fourth-order valence-corrected chi connectivity index (χ4v) is 3.05. The van der Waals surface area contributed by atoms with Gasteiger partial charge in [0, 0.05) is 4.47 Å². The van der Waals surface area contributed by atoms with Crippen molar-refractivity contribution in [3.63, 3.8) is 0 Å². The maximum Gasteiger partial charge on any atom is 0.211 e. The number of ether oxygens (including phenoxy) is 1. The van der Waals surface area contributed by atoms with Crippen LogP contribution in [0.25, 0.3) is 0 Å². The van der Waals surface area contributed by atoms with E-state index in [-0.39, 0.29) is 12.4 Å². The minimum atomic E-state index is -0.00329. The predicted octanol–water partition coefficient (Wildman–Crippen LogP) is 4.33. The summed E-state index contributed by atoms with van der Waals surface area (Å²) in [4.78, 5) is 12.6. The number of rotatable bonds is 5. The van der Waals surface area contributed by atoms with E-state index in [2.05, 4.69) is 22.9 Å². The lowest BCUT2D eigenvalue weighted by molar-refractivity contribution is 0.0925. The Labute approximate surface area is 119 Å². The lowest BCUT2D eigenvalue weighted by Crippen LogP contribution is -2.10. The van der Waals surface area contributed by atoms with Crippen molar-refractivity contribution in [1.29, 1.82) is 0 Å². The molecular weight excluding hydrogens is 312 g/mol. The van der Waals surface area contributed by atoms with Gasteiger partial charge < -0.3 is 4.74 Å². The van der Waals surface area contributed by atoms with E-state index in [0.717, 1.165) is 16.6 Å². The predicted molar refractivity (Wildman–Crippen MR) is 77.7 cm³/mol. The van der Waals surface area contributed by atoms with Gasteiger partial charge in [-0.3, -0.25) is 4.79 Å². The van der Waals surface area contributed by atoms with Crippen molar-refractivity contribution in [2.75, 3.05) is 6.61 Å². The van der Waals surface area contributed by atoms with E-state index in [0.29, 0.717) is 4.88 Å². The fourth-order valence-electron chi connectivity index (χ4n) is 1.53. The van der Waals surface area contributed by atoms with Gasteiger partial charge in [0.15, 0.2) is 6.61 Å². The molecule has 0 radical (unpaired) electrons. The van der Waals surface area contributed by atoms with Gasteiger partial charge in [0.05, 0.1) is 4.88 Å². The molecule has 2 rings (SSSR count). The number of carbonyl (C=O) groups excluding carboxylic acids is 1. The maximum absolute atomic E-state index is 11.9. The number of thiophene rings is 1. The fraction of sp³-hybridized carbons (Fsp3) is 0.214. The first kappa shape index (κ1) is 13.3. The molecule has 2 aromatic rings. The molecule has 0 fully saturated rings. The van der Waals surface area contributed by atoms with Gasteiger partial charge in [0.1, 0.15) is 5.75 Å². The molecule has 2 nitrogen and oxygen atoms in total. The normalized spacial score (nSPS) is 10.3. The summed E-state index contributed by atoms with van der Waals surface area (Å²) >= 11 is 4.77. The smallest absolute Gasteiger partial charge is 0.211 e. The summed E-state index contributed by atoms with van der Waals surface area (Å²) in [5, 5.41) is 1.88. The van der Waals surface area contributed by atoms with Crippen LogP contribution in [-0.4, -0.2) is 12.4 Å². The molecule has 0 aliphatic carbocycles. The van der Waals surface area contributed by atoms with Crippen molar-refractivity contribution < 1.29 is 9.53 Å². The van der Waals surface area contributed by atoms with Crippen LogP contribution in [0, 0.1) is 0 Å². The molecule has 0 unspecified atom stereocenters. The van der Waals surface area contributed by atoms with E-state index in [4.69, 9.17) is 4.74 Å². The van der Waals surface area contributed by atoms with Crippen LogP contribution in [0.3, 0.4) is 0 Å². The molecule has 18 heavy (non-hydrogen) atoms. The molecule has 0 aliphatic rings. The number of carbonyl (C=O) groups is 1. The number of hydrogen-bond acceptors (Lipinski definition) is 3. The summed E-state index contributed by atoms with van der Waals surface area (Å²) < 4.78 is 6.32. The quantitative estimate of drug-likeness (QED) is 0.765. The van der Waals surface area contributed by atoms with Gasteiger partial charge in [-0.25, -0.2) is 0 Å². The Kier molecular flexibility index (Phi) is 4.55. The summed E-state index contributed by atoms with van der Waals surface area (Å²) in [7, 11) is 0. The van der Waals surface area contributed by atoms with Crippen LogP contribution in [0.2, 0.25) is 0 Å². The topological polar surface area (TPSA) is 26.3 Å². The first-order valence-electron chi connectivity index (χ1n) is 5.68. The molecular formula is C14H13BrO2S. The van der Waals surface area contributed by atoms with Crippen LogP contribution < -0.4 is 4.74 Å². The van der Waals surface area contributed by atoms with E-state index >= 15 is 0 Å². The molecule has 4 heteroatoms. The molecule has 1 aromatic carbocycles. The monoisotopic (exact) mass is 324 g/mol. The van der Waals surface area contributed by atoms with Gasteiger partial charge in [-0.15, -0.1) is 11.3 Å². The van der Waals surface area contributed by atoms with Crippen molar-refractivity contribution in [2.45, 2.75) is 13.3 Å². The Bertz CT molecular complexity index is 531. The molecule has 0 spiro atoms. The zero-order chi connectivity index (χ0) is 13.0. The Morgan fingerprint density at radius 1 is 1.28 bits per heavy atom. The van der Waals surface area contributed by atoms with Crippen molar-refractivity contribution in [3.05, 3.63) is 50.6 Å². The van der Waals surface area contributed by atoms with E-state index < -0.39 is 0 Å². The largest absolute Gasteiger partial charge is 0.485 e. The van der Waals surface area contributed by atoms with Crippen molar-refractivity contribution >= 4 is 33.0 Å². The zero-order valence-corrected chi connectivity index (χ0v) is 12.4. The average Bonchev–Trinajstić information content (AvgIpc) is 2.83. The summed E-state index contributed by atoms with van der Waals surface area (Å²) in [6, 6.07) is 9.70. The highest BCUT2D eigenvalue weighted by Gasteiger charge is 2.12. The second-order valence-electron chi connectivity index (χ2n) is 3.81. The number of halogens is 1. The van der Waals surface area contributed by atoms with Crippen LogP contribution in [-0.2, 0) is 6.42 Å². The summed E-state index contributed by atoms with van der Waals surface area (Å²) in [6.45, 7) is 2.18. The van der Waals surface area contributed by atoms with Gasteiger partial charge in [-0.05, 0) is 51.5 Å². The summed E-state index contributed by atoms with van der Waals surface area (Å²) in [5.41, 5.74) is 1.26. The highest BCUT2D eigenvalue weighted by Crippen LogP contribution is 2.23. The maximum atomic E-state index is 11.9. The number of hydrogen-bond donors (Lipinski definition) is 0. The number of benzene rings is 1. The molecule has 94 valence electrons. The number of ketones is 1. The second-order valence-corrected chi connectivity index (χ2v) is 5.58. The van der Waals surface area contributed by atoms with E-state index in [1.807, 2.05) is 35.7 Å². The third-order valence-electron chi connectivity index (χ3n) is 2.57. The van der Waals surface area contributed by atoms with Crippen molar-refractivity contribution in [3.8, 4) is 5.75 Å². The van der Waals surface area contributed by atoms with Crippen LogP contribution in [0.4, 0.5) is 0 Å². The van der Waals surface area contributed by atoms with Crippen molar-refractivity contribution in [2.24, 2.45) is 0 Å². The minimum absolute atomic E-state index is 0.00329. The van der Waals surface area contributed by atoms with Gasteiger partial charge >= 0.3 is 0 Å². The zero-order valence-electron chi connectivity index (χ0n) is 9.98. The van der Waals surface area contributed by atoms with Crippen LogP contribution in [0.5, 0.6) is 5.75 Å². The SMILES string of the molecule is CCc1ccc(OCC(=O)c2sccc2Br)cc1. The molecule has 1 aromatic heterocycles. The van der Waals surface area contributed by atoms with Gasteiger partial charge in [0.2, 0.25) is 5.78 Å². The first-order valence-corrected chi connectivity index (χ1v) is 7.36. The number of Topliss-reactive ketones (excluding diaryl/α,β-unsaturated/α-hetero) is 1. The van der Waals surface area contributed by atoms with Gasteiger partial charge in [-0.1, -0.05) is 19.1 Å². The molecule has 0 aliphatic heterocycles. The van der Waals surface area contributed by atoms with Crippen LogP contribution in [0.15, 0.2) is 40.2 Å². The van der Waals surface area contributed by atoms with Gasteiger partial charge in [-0.2, -0.15) is 0 Å². The Hall–Kier alpha value is -1.13. The van der Waals surface area contributed by atoms with Crippen LogP contribution >= 0.6 is 27.3 Å². The number of aryl methyl sites for hydroxylation is 1. The van der Waals surface area contributed by atoms with E-state index in [1.165, 1.54) is 16.9 Å². The molecule has 0 bridgehead atoms. The third-order valence-corrected chi connectivity index (χ3v) is 4.45. The lowest BCUT2D eigenvalue weighted by atomic mass is 10.2. The summed E-state index contributed by atoms with van der Waals surface area (Å²) in [6.07, 6.45) is 1.00. The molecule has 0 saturated carbocycles. The second kappa shape index (κ2) is 6.16. The Balaban J connectivity index is 1.95. The highest BCUT2D eigenvalue weighted by molar-refractivity contribution is 9.10. The van der Waals surface area contributed by atoms with Gasteiger partial charge in [0.25, 0.3) is 0 Å². The van der Waals surface area contributed by atoms with Crippen molar-refractivity contribution in [1.82, 2.24) is 0 Å². The summed E-state index contributed by atoms with van der Waals surface area (Å²) in [5.74, 6) is 0.727.